The summed E-state index contributed by atoms with van der Waals surface area (Å²) in [5.41, 5.74) is 2.57. The molecule has 128 valence electrons. The van der Waals surface area contributed by atoms with Crippen molar-refractivity contribution in [1.82, 2.24) is 9.97 Å². The second-order valence-electron chi connectivity index (χ2n) is 5.54. The van der Waals surface area contributed by atoms with Crippen LogP contribution >= 0.6 is 27.3 Å². The zero-order valence-electron chi connectivity index (χ0n) is 13.4. The number of aromatic amines is 1. The number of H-pyrrole nitrogens is 1. The number of nitrogens with one attached hydrogen (secondary N) is 2. The Labute approximate surface area is 157 Å². The highest BCUT2D eigenvalue weighted by Crippen LogP contribution is 2.32. The summed E-state index contributed by atoms with van der Waals surface area (Å²) in [7, 11) is 0. The third kappa shape index (κ3) is 3.72. The van der Waals surface area contributed by atoms with E-state index in [1.54, 1.807) is 17.5 Å². The van der Waals surface area contributed by atoms with Crippen LogP contribution in [-0.2, 0) is 4.79 Å². The molecule has 0 aliphatic heterocycles. The van der Waals surface area contributed by atoms with Gasteiger partial charge in [0.05, 0.1) is 21.6 Å². The summed E-state index contributed by atoms with van der Waals surface area (Å²) in [5.74, 6) is -1.23. The van der Waals surface area contributed by atoms with Crippen LogP contribution in [0, 0.1) is 5.41 Å². The Morgan fingerprint density at radius 1 is 1.28 bits per heavy atom. The smallest absolute Gasteiger partial charge is 0.350 e. The molecule has 25 heavy (non-hydrogen) atoms. The van der Waals surface area contributed by atoms with Crippen molar-refractivity contribution in [3.05, 3.63) is 52.2 Å². The molecule has 0 bridgehead atoms. The molecule has 0 aliphatic rings. The molecule has 7 heteroatoms. The van der Waals surface area contributed by atoms with Crippen molar-refractivity contribution in [2.45, 2.75) is 19.3 Å². The number of halogens is 1. The minimum Gasteiger partial charge on any atom is -0.477 e. The fraction of sp³-hybridized carbons (Fsp3) is 0.167. The average molecular weight is 418 g/mol. The molecule has 5 nitrogen and oxygen atoms in total. The van der Waals surface area contributed by atoms with Gasteiger partial charge in [-0.25, -0.2) is 9.78 Å². The molecular weight excluding hydrogens is 402 g/mol. The van der Waals surface area contributed by atoms with Gasteiger partial charge in [0, 0.05) is 4.88 Å². The second-order valence-corrected chi connectivity index (χ2v) is 8.01. The van der Waals surface area contributed by atoms with Gasteiger partial charge in [0.1, 0.15) is 11.5 Å². The number of hydrogen-bond donors (Lipinski definition) is 3. The van der Waals surface area contributed by atoms with Gasteiger partial charge in [0.15, 0.2) is 0 Å². The number of thiophene rings is 1. The van der Waals surface area contributed by atoms with Crippen molar-refractivity contribution >= 4 is 38.9 Å². The molecule has 0 saturated heterocycles. The summed E-state index contributed by atoms with van der Waals surface area (Å²) in [4.78, 5) is 19.7. The predicted octanol–water partition coefficient (Wildman–Crippen LogP) is 5.17. The van der Waals surface area contributed by atoms with E-state index in [1.165, 1.54) is 4.88 Å². The number of carboxylic acid groups (broad SMARTS) is 1. The van der Waals surface area contributed by atoms with Crippen LogP contribution < -0.4 is 0 Å². The SMILES string of the molecule is CCC(C(=N)C(=O)O)c1ncc(-c2ccc(-c3ccc(Br)s3)cc2)[nH]1. The first-order valence-corrected chi connectivity index (χ1v) is 9.33. The number of nitrogens with zero attached hydrogens (tertiary/aromatic N) is 1. The van der Waals surface area contributed by atoms with Crippen molar-refractivity contribution in [2.24, 2.45) is 0 Å². The second kappa shape index (κ2) is 7.33. The molecule has 1 unspecified atom stereocenters. The van der Waals surface area contributed by atoms with Crippen LogP contribution in [0.2, 0.25) is 0 Å². The zero-order valence-corrected chi connectivity index (χ0v) is 15.8. The number of imidazole rings is 1. The standard InChI is InChI=1S/C18H16BrN3O2S/c1-2-12(16(20)18(23)24)17-21-9-13(22-17)10-3-5-11(6-4-10)14-7-8-15(19)25-14/h3-9,12,20H,2H2,1H3,(H,21,22)(H,23,24). The molecule has 3 rings (SSSR count). The highest BCUT2D eigenvalue weighted by Gasteiger charge is 2.23. The molecular formula is C18H16BrN3O2S. The highest BCUT2D eigenvalue weighted by atomic mass is 79.9. The molecule has 0 amide bonds. The van der Waals surface area contributed by atoms with Crippen LogP contribution in [0.4, 0.5) is 0 Å². The van der Waals surface area contributed by atoms with Crippen LogP contribution in [0.15, 0.2) is 46.4 Å². The first-order valence-electron chi connectivity index (χ1n) is 7.72. The van der Waals surface area contributed by atoms with E-state index < -0.39 is 11.9 Å². The Kier molecular flexibility index (Phi) is 5.15. The molecule has 0 aliphatic carbocycles. The minimum absolute atomic E-state index is 0.345. The third-order valence-corrected chi connectivity index (χ3v) is 5.64. The monoisotopic (exact) mass is 417 g/mol. The third-order valence-electron chi connectivity index (χ3n) is 3.97. The molecule has 2 heterocycles. The Bertz CT molecular complexity index is 915. The van der Waals surface area contributed by atoms with Gasteiger partial charge >= 0.3 is 5.97 Å². The number of hydrogen-bond acceptors (Lipinski definition) is 4. The van der Waals surface area contributed by atoms with Gasteiger partial charge in [0.2, 0.25) is 0 Å². The number of aliphatic carboxylic acids is 1. The maximum atomic E-state index is 11.1. The summed E-state index contributed by atoms with van der Waals surface area (Å²) in [6.45, 7) is 1.85. The summed E-state index contributed by atoms with van der Waals surface area (Å²) < 4.78 is 1.09. The van der Waals surface area contributed by atoms with E-state index in [-0.39, 0.29) is 5.71 Å². The summed E-state index contributed by atoms with van der Waals surface area (Å²) >= 11 is 5.15. The number of carbonyl (C=O) groups is 1. The Morgan fingerprint density at radius 2 is 1.96 bits per heavy atom. The van der Waals surface area contributed by atoms with Crippen molar-refractivity contribution < 1.29 is 9.90 Å². The topological polar surface area (TPSA) is 89.8 Å². The number of carboxylic acids is 1. The summed E-state index contributed by atoms with van der Waals surface area (Å²) in [6.07, 6.45) is 2.19. The van der Waals surface area contributed by atoms with Crippen molar-refractivity contribution in [3.63, 3.8) is 0 Å². The maximum absolute atomic E-state index is 11.1. The largest absolute Gasteiger partial charge is 0.477 e. The van der Waals surface area contributed by atoms with Crippen LogP contribution in [-0.4, -0.2) is 26.8 Å². The number of benzene rings is 1. The van der Waals surface area contributed by atoms with Crippen LogP contribution in [0.3, 0.4) is 0 Å². The molecule has 0 spiro atoms. The van der Waals surface area contributed by atoms with Gasteiger partial charge in [0.25, 0.3) is 0 Å². The van der Waals surface area contributed by atoms with E-state index in [2.05, 4.69) is 32.0 Å². The fourth-order valence-electron chi connectivity index (χ4n) is 2.63. The molecule has 1 atom stereocenters. The van der Waals surface area contributed by atoms with E-state index in [0.717, 1.165) is 20.6 Å². The number of aromatic nitrogens is 2. The molecule has 2 aromatic heterocycles. The van der Waals surface area contributed by atoms with Gasteiger partial charge < -0.3 is 10.1 Å². The lowest BCUT2D eigenvalue weighted by atomic mass is 10.00. The lowest BCUT2D eigenvalue weighted by Gasteiger charge is -2.10. The lowest BCUT2D eigenvalue weighted by Crippen LogP contribution is -2.21. The van der Waals surface area contributed by atoms with Crippen LogP contribution in [0.1, 0.15) is 25.1 Å². The molecule has 1 aromatic carbocycles. The van der Waals surface area contributed by atoms with Crippen molar-refractivity contribution in [2.75, 3.05) is 0 Å². The van der Waals surface area contributed by atoms with Crippen molar-refractivity contribution in [1.29, 1.82) is 5.41 Å². The van der Waals surface area contributed by atoms with E-state index in [0.29, 0.717) is 12.2 Å². The van der Waals surface area contributed by atoms with E-state index in [1.807, 2.05) is 37.3 Å². The first-order chi connectivity index (χ1) is 12.0. The van der Waals surface area contributed by atoms with Crippen molar-refractivity contribution in [3.8, 4) is 21.7 Å². The Hall–Kier alpha value is -2.25. The van der Waals surface area contributed by atoms with Gasteiger partial charge in [-0.05, 0) is 45.6 Å². The van der Waals surface area contributed by atoms with E-state index in [9.17, 15) is 4.79 Å². The number of rotatable bonds is 6. The van der Waals surface area contributed by atoms with E-state index in [4.69, 9.17) is 10.5 Å². The van der Waals surface area contributed by atoms with Gasteiger partial charge in [-0.15, -0.1) is 11.3 Å². The zero-order chi connectivity index (χ0) is 18.0. The Morgan fingerprint density at radius 3 is 2.52 bits per heavy atom. The Balaban J connectivity index is 1.84. The normalized spacial score (nSPS) is 12.1. The van der Waals surface area contributed by atoms with Gasteiger partial charge in [-0.3, -0.25) is 5.41 Å². The first kappa shape index (κ1) is 17.6. The highest BCUT2D eigenvalue weighted by molar-refractivity contribution is 9.11. The quantitative estimate of drug-likeness (QED) is 0.483. The van der Waals surface area contributed by atoms with Crippen LogP contribution in [0.5, 0.6) is 0 Å². The molecule has 0 radical (unpaired) electrons. The average Bonchev–Trinajstić information content (AvgIpc) is 3.25. The fourth-order valence-corrected chi connectivity index (χ4v) is 4.02. The molecule has 3 N–H and O–H groups in total. The summed E-state index contributed by atoms with van der Waals surface area (Å²) in [5, 5.41) is 16.8. The van der Waals surface area contributed by atoms with Gasteiger partial charge in [-0.2, -0.15) is 0 Å². The molecule has 3 aromatic rings. The lowest BCUT2D eigenvalue weighted by molar-refractivity contribution is -0.129. The van der Waals surface area contributed by atoms with Crippen LogP contribution in [0.25, 0.3) is 21.7 Å². The van der Waals surface area contributed by atoms with Gasteiger partial charge in [-0.1, -0.05) is 31.2 Å². The minimum atomic E-state index is -1.21. The summed E-state index contributed by atoms with van der Waals surface area (Å²) in [6, 6.07) is 12.2. The maximum Gasteiger partial charge on any atom is 0.350 e. The molecule has 0 saturated carbocycles. The molecule has 0 fully saturated rings. The predicted molar refractivity (Wildman–Crippen MR) is 103 cm³/mol. The van der Waals surface area contributed by atoms with E-state index >= 15 is 0 Å².